The molecule has 1 aromatic heterocycles. The van der Waals surface area contributed by atoms with Gasteiger partial charge in [0.1, 0.15) is 12.1 Å². The van der Waals surface area contributed by atoms with Crippen LogP contribution in [0.3, 0.4) is 0 Å². The summed E-state index contributed by atoms with van der Waals surface area (Å²) in [5, 5.41) is 3.88. The summed E-state index contributed by atoms with van der Waals surface area (Å²) in [6.45, 7) is 5.46. The summed E-state index contributed by atoms with van der Waals surface area (Å²) in [7, 11) is 0. The Hall–Kier alpha value is -2.18. The van der Waals surface area contributed by atoms with E-state index in [0.29, 0.717) is 11.6 Å². The van der Waals surface area contributed by atoms with Crippen LogP contribution in [-0.2, 0) is 14.9 Å². The third-order valence-electron chi connectivity index (χ3n) is 7.68. The Morgan fingerprint density at radius 2 is 1.94 bits per heavy atom. The minimum Gasteiger partial charge on any atom is -0.376 e. The van der Waals surface area contributed by atoms with Crippen LogP contribution in [0.15, 0.2) is 36.8 Å². The number of aryl methyl sites for hydroxylation is 1. The molecule has 1 aliphatic carbocycles. The zero-order valence-electron chi connectivity index (χ0n) is 18.6. The number of aromatic nitrogens is 2. The molecule has 170 valence electrons. The van der Waals surface area contributed by atoms with Gasteiger partial charge < -0.3 is 15.0 Å². The number of carbonyl (C=O) groups excluding carboxylic acids is 1. The lowest BCUT2D eigenvalue weighted by molar-refractivity contribution is -0.125. The molecule has 3 aliphatic rings. The van der Waals surface area contributed by atoms with Crippen LogP contribution in [0.2, 0.25) is 5.02 Å². The van der Waals surface area contributed by atoms with Crippen LogP contribution in [0.5, 0.6) is 0 Å². The number of halogens is 1. The maximum absolute atomic E-state index is 12.9. The van der Waals surface area contributed by atoms with E-state index in [9.17, 15) is 4.79 Å². The first kappa shape index (κ1) is 21.7. The van der Waals surface area contributed by atoms with Crippen LogP contribution >= 0.6 is 11.6 Å². The van der Waals surface area contributed by atoms with E-state index in [4.69, 9.17) is 16.3 Å². The van der Waals surface area contributed by atoms with E-state index in [0.717, 1.165) is 75.2 Å². The molecule has 1 saturated carbocycles. The van der Waals surface area contributed by atoms with Crippen molar-refractivity contribution in [1.82, 2.24) is 15.3 Å². The smallest absolute Gasteiger partial charge is 0.230 e. The maximum Gasteiger partial charge on any atom is 0.230 e. The normalized spacial score (nSPS) is 23.7. The SMILES string of the molecule is Cc1cncnc1N1CCC2(CC[C@@H](CNC(=O)C3(c4ccc(Cl)cc4)CC3)OC2)CC1. The molecular weight excluding hydrogens is 424 g/mol. The van der Waals surface area contributed by atoms with Gasteiger partial charge in [-0.25, -0.2) is 9.97 Å². The Balaban J connectivity index is 1.10. The summed E-state index contributed by atoms with van der Waals surface area (Å²) in [6, 6.07) is 7.69. The van der Waals surface area contributed by atoms with Crippen molar-refractivity contribution in [2.45, 2.75) is 57.0 Å². The fourth-order valence-electron chi connectivity index (χ4n) is 5.31. The Kier molecular flexibility index (Phi) is 5.84. The standard InChI is InChI=1S/C25H31ClN4O2/c1-18-14-27-17-29-22(18)30-12-10-24(11-13-30)7-6-21(32-16-24)15-28-23(31)25(8-9-25)19-2-4-20(26)5-3-19/h2-5,14,17,21H,6-13,15-16H2,1H3,(H,28,31)/t21-/m0/s1. The molecule has 7 heteroatoms. The highest BCUT2D eigenvalue weighted by Gasteiger charge is 2.51. The first-order chi connectivity index (χ1) is 15.5. The first-order valence-corrected chi connectivity index (χ1v) is 12.1. The highest BCUT2D eigenvalue weighted by Crippen LogP contribution is 2.48. The molecule has 3 heterocycles. The summed E-state index contributed by atoms with van der Waals surface area (Å²) in [5.41, 5.74) is 2.09. The van der Waals surface area contributed by atoms with Crippen molar-refractivity contribution >= 4 is 23.3 Å². The highest BCUT2D eigenvalue weighted by molar-refractivity contribution is 6.30. The molecule has 2 aromatic rings. The minimum atomic E-state index is -0.369. The van der Waals surface area contributed by atoms with Gasteiger partial charge in [-0.05, 0) is 68.6 Å². The van der Waals surface area contributed by atoms with Crippen molar-refractivity contribution in [2.75, 3.05) is 31.1 Å². The van der Waals surface area contributed by atoms with E-state index in [1.165, 1.54) is 0 Å². The topological polar surface area (TPSA) is 67.4 Å². The zero-order chi connectivity index (χ0) is 22.2. The number of amides is 1. The second-order valence-corrected chi connectivity index (χ2v) is 10.2. The van der Waals surface area contributed by atoms with Crippen molar-refractivity contribution in [2.24, 2.45) is 5.41 Å². The maximum atomic E-state index is 12.9. The fraction of sp³-hybridized carbons (Fsp3) is 0.560. The lowest BCUT2D eigenvalue weighted by atomic mass is 9.73. The second-order valence-electron chi connectivity index (χ2n) is 9.79. The largest absolute Gasteiger partial charge is 0.376 e. The van der Waals surface area contributed by atoms with E-state index in [1.54, 1.807) is 6.33 Å². The van der Waals surface area contributed by atoms with Gasteiger partial charge in [0, 0.05) is 36.4 Å². The third-order valence-corrected chi connectivity index (χ3v) is 7.94. The van der Waals surface area contributed by atoms with Crippen molar-refractivity contribution in [3.63, 3.8) is 0 Å². The van der Waals surface area contributed by atoms with Crippen LogP contribution in [0.4, 0.5) is 5.82 Å². The number of anilines is 1. The molecule has 1 atom stereocenters. The highest BCUT2D eigenvalue weighted by atomic mass is 35.5. The van der Waals surface area contributed by atoms with Crippen LogP contribution in [0.25, 0.3) is 0 Å². The Bertz CT molecular complexity index is 958. The number of rotatable bonds is 5. The van der Waals surface area contributed by atoms with Gasteiger partial charge in [0.25, 0.3) is 0 Å². The molecule has 6 nitrogen and oxygen atoms in total. The molecule has 2 saturated heterocycles. The molecule has 1 aromatic carbocycles. The number of benzene rings is 1. The van der Waals surface area contributed by atoms with E-state index >= 15 is 0 Å². The predicted octanol–water partition coefficient (Wildman–Crippen LogP) is 4.05. The van der Waals surface area contributed by atoms with Crippen molar-refractivity contribution in [3.8, 4) is 0 Å². The number of hydrogen-bond acceptors (Lipinski definition) is 5. The van der Waals surface area contributed by atoms with E-state index in [-0.39, 0.29) is 22.8 Å². The zero-order valence-corrected chi connectivity index (χ0v) is 19.4. The Morgan fingerprint density at radius 3 is 2.56 bits per heavy atom. The Labute approximate surface area is 194 Å². The van der Waals surface area contributed by atoms with Gasteiger partial charge in [0.2, 0.25) is 5.91 Å². The van der Waals surface area contributed by atoms with Crippen molar-refractivity contribution in [3.05, 3.63) is 52.9 Å². The summed E-state index contributed by atoms with van der Waals surface area (Å²) < 4.78 is 6.26. The van der Waals surface area contributed by atoms with E-state index in [1.807, 2.05) is 30.5 Å². The summed E-state index contributed by atoms with van der Waals surface area (Å²) in [4.78, 5) is 23.9. The molecular formula is C25H31ClN4O2. The summed E-state index contributed by atoms with van der Waals surface area (Å²) >= 11 is 6.01. The minimum absolute atomic E-state index is 0.104. The third kappa shape index (κ3) is 4.23. The molecule has 32 heavy (non-hydrogen) atoms. The van der Waals surface area contributed by atoms with Gasteiger partial charge in [-0.2, -0.15) is 0 Å². The fourth-order valence-corrected chi connectivity index (χ4v) is 5.43. The van der Waals surface area contributed by atoms with Gasteiger partial charge in [0.05, 0.1) is 18.1 Å². The number of ether oxygens (including phenoxy) is 1. The number of piperidine rings is 1. The van der Waals surface area contributed by atoms with Crippen LogP contribution < -0.4 is 10.2 Å². The second kappa shape index (κ2) is 8.64. The lowest BCUT2D eigenvalue weighted by Gasteiger charge is -2.46. The molecule has 5 rings (SSSR count). The Morgan fingerprint density at radius 1 is 1.19 bits per heavy atom. The van der Waals surface area contributed by atoms with Crippen molar-refractivity contribution in [1.29, 1.82) is 0 Å². The number of nitrogens with zero attached hydrogens (tertiary/aromatic N) is 3. The van der Waals surface area contributed by atoms with Crippen LogP contribution in [-0.4, -0.2) is 48.2 Å². The van der Waals surface area contributed by atoms with E-state index in [2.05, 4.69) is 27.1 Å². The molecule has 0 bridgehead atoms. The average molecular weight is 455 g/mol. The summed E-state index contributed by atoms with van der Waals surface area (Å²) in [5.74, 6) is 1.18. The first-order valence-electron chi connectivity index (χ1n) is 11.7. The van der Waals surface area contributed by atoms with Crippen molar-refractivity contribution < 1.29 is 9.53 Å². The molecule has 2 aliphatic heterocycles. The lowest BCUT2D eigenvalue weighted by Crippen LogP contribution is -2.48. The van der Waals surface area contributed by atoms with Gasteiger partial charge in [-0.1, -0.05) is 23.7 Å². The average Bonchev–Trinajstić information content (AvgIpc) is 3.62. The van der Waals surface area contributed by atoms with Gasteiger partial charge in [0.15, 0.2) is 0 Å². The van der Waals surface area contributed by atoms with E-state index < -0.39 is 0 Å². The van der Waals surface area contributed by atoms with Gasteiger partial charge in [-0.15, -0.1) is 0 Å². The molecule has 1 spiro atoms. The summed E-state index contributed by atoms with van der Waals surface area (Å²) in [6.07, 6.45) is 9.82. The van der Waals surface area contributed by atoms with Crippen LogP contribution in [0.1, 0.15) is 49.7 Å². The molecule has 0 unspecified atom stereocenters. The molecule has 1 amide bonds. The molecule has 1 N–H and O–H groups in total. The number of nitrogens with one attached hydrogen (secondary N) is 1. The predicted molar refractivity (Wildman–Crippen MR) is 125 cm³/mol. The van der Waals surface area contributed by atoms with Gasteiger partial charge >= 0.3 is 0 Å². The number of carbonyl (C=O) groups is 1. The van der Waals surface area contributed by atoms with Gasteiger partial charge in [-0.3, -0.25) is 4.79 Å². The van der Waals surface area contributed by atoms with Crippen LogP contribution in [0, 0.1) is 12.3 Å². The number of hydrogen-bond donors (Lipinski definition) is 1. The molecule has 0 radical (unpaired) electrons. The monoisotopic (exact) mass is 454 g/mol. The quantitative estimate of drug-likeness (QED) is 0.738. The molecule has 3 fully saturated rings.